The van der Waals surface area contributed by atoms with Crippen molar-refractivity contribution in [2.75, 3.05) is 13.1 Å². The third-order valence-electron chi connectivity index (χ3n) is 5.85. The number of aryl methyl sites for hydroxylation is 1. The summed E-state index contributed by atoms with van der Waals surface area (Å²) in [7, 11) is 0. The van der Waals surface area contributed by atoms with Crippen LogP contribution in [0.2, 0.25) is 0 Å². The normalized spacial score (nSPS) is 14.6. The van der Waals surface area contributed by atoms with Gasteiger partial charge in [-0.05, 0) is 47.9 Å². The summed E-state index contributed by atoms with van der Waals surface area (Å²) in [5, 5.41) is 15.3. The molecule has 162 valence electrons. The van der Waals surface area contributed by atoms with E-state index in [2.05, 4.69) is 25.7 Å². The first-order valence-electron chi connectivity index (χ1n) is 10.7. The molecule has 1 amide bonds. The molecular formula is C23H23N7O2. The van der Waals surface area contributed by atoms with Crippen LogP contribution in [0.5, 0.6) is 0 Å². The predicted molar refractivity (Wildman–Crippen MR) is 116 cm³/mol. The highest BCUT2D eigenvalue weighted by Gasteiger charge is 2.27. The molecule has 0 radical (unpaired) electrons. The van der Waals surface area contributed by atoms with Crippen molar-refractivity contribution < 1.29 is 9.32 Å². The Balaban J connectivity index is 1.16. The van der Waals surface area contributed by atoms with E-state index >= 15 is 0 Å². The number of likely N-dealkylation sites (tertiary alicyclic amines) is 1. The molecule has 2 aromatic heterocycles. The summed E-state index contributed by atoms with van der Waals surface area (Å²) in [5.41, 5.74) is 3.97. The fourth-order valence-electron chi connectivity index (χ4n) is 3.93. The topological polar surface area (TPSA) is 103 Å². The van der Waals surface area contributed by atoms with Crippen molar-refractivity contribution in [2.45, 2.75) is 32.1 Å². The summed E-state index contributed by atoms with van der Waals surface area (Å²) in [5.74, 6) is 1.58. The van der Waals surface area contributed by atoms with Gasteiger partial charge in [0, 0.05) is 24.6 Å². The summed E-state index contributed by atoms with van der Waals surface area (Å²) < 4.78 is 7.12. The van der Waals surface area contributed by atoms with Gasteiger partial charge in [0.15, 0.2) is 0 Å². The summed E-state index contributed by atoms with van der Waals surface area (Å²) in [4.78, 5) is 19.3. The molecule has 3 heterocycles. The number of carbonyl (C=O) groups is 1. The lowest BCUT2D eigenvalue weighted by atomic mass is 9.96. The van der Waals surface area contributed by atoms with Crippen LogP contribution < -0.4 is 0 Å². The molecule has 32 heavy (non-hydrogen) atoms. The van der Waals surface area contributed by atoms with Crippen LogP contribution in [0.4, 0.5) is 0 Å². The fraction of sp³-hybridized carbons (Fsp3) is 0.304. The molecule has 2 aromatic carbocycles. The first-order valence-corrected chi connectivity index (χ1v) is 10.7. The molecule has 1 fully saturated rings. The van der Waals surface area contributed by atoms with Crippen molar-refractivity contribution in [1.29, 1.82) is 0 Å². The highest BCUT2D eigenvalue weighted by molar-refractivity contribution is 5.79. The van der Waals surface area contributed by atoms with Crippen LogP contribution >= 0.6 is 0 Å². The molecule has 0 aliphatic carbocycles. The number of carbonyl (C=O) groups excluding carboxylic acids is 1. The Hall–Kier alpha value is -3.88. The molecule has 0 spiro atoms. The van der Waals surface area contributed by atoms with Crippen molar-refractivity contribution in [3.8, 4) is 17.1 Å². The molecule has 1 aliphatic rings. The second kappa shape index (κ2) is 8.70. The Kier molecular flexibility index (Phi) is 5.45. The first-order chi connectivity index (χ1) is 15.7. The molecule has 0 atom stereocenters. The average Bonchev–Trinajstić information content (AvgIpc) is 3.53. The van der Waals surface area contributed by atoms with Crippen LogP contribution in [0.15, 0.2) is 59.4 Å². The van der Waals surface area contributed by atoms with Gasteiger partial charge < -0.3 is 9.42 Å². The molecule has 9 heteroatoms. The number of nitrogens with zero attached hydrogens (tertiary/aromatic N) is 7. The van der Waals surface area contributed by atoms with Gasteiger partial charge >= 0.3 is 0 Å². The van der Waals surface area contributed by atoms with E-state index in [1.165, 1.54) is 11.9 Å². The predicted octanol–water partition coefficient (Wildman–Crippen LogP) is 2.97. The van der Waals surface area contributed by atoms with E-state index in [0.29, 0.717) is 31.2 Å². The number of piperidine rings is 1. The van der Waals surface area contributed by atoms with Crippen molar-refractivity contribution in [3.63, 3.8) is 0 Å². The monoisotopic (exact) mass is 429 g/mol. The molecule has 0 saturated carbocycles. The lowest BCUT2D eigenvalue weighted by Gasteiger charge is -2.30. The van der Waals surface area contributed by atoms with Gasteiger partial charge in [-0.25, -0.2) is 4.68 Å². The van der Waals surface area contributed by atoms with Gasteiger partial charge in [0.25, 0.3) is 0 Å². The Bertz CT molecular complexity index is 1180. The van der Waals surface area contributed by atoms with Crippen LogP contribution in [0.25, 0.3) is 17.1 Å². The number of amides is 1. The lowest BCUT2D eigenvalue weighted by Crippen LogP contribution is -2.38. The molecule has 0 unspecified atom stereocenters. The van der Waals surface area contributed by atoms with Gasteiger partial charge in [-0.2, -0.15) is 4.98 Å². The van der Waals surface area contributed by atoms with Crippen LogP contribution in [-0.2, 0) is 11.2 Å². The van der Waals surface area contributed by atoms with E-state index in [4.69, 9.17) is 4.52 Å². The molecular weight excluding hydrogens is 406 g/mol. The van der Waals surface area contributed by atoms with E-state index in [-0.39, 0.29) is 11.8 Å². The second-order valence-electron chi connectivity index (χ2n) is 8.07. The van der Waals surface area contributed by atoms with Crippen LogP contribution in [-0.4, -0.2) is 54.2 Å². The number of hydrogen-bond donors (Lipinski definition) is 0. The Morgan fingerprint density at radius 2 is 1.81 bits per heavy atom. The SMILES string of the molecule is Cc1ccc(-c2noc(C3CCN(C(=O)Cc4ccc(-n5cnnn5)cc4)CC3)n2)cc1. The fourth-order valence-corrected chi connectivity index (χ4v) is 3.93. The van der Waals surface area contributed by atoms with Crippen molar-refractivity contribution in [2.24, 2.45) is 0 Å². The van der Waals surface area contributed by atoms with Gasteiger partial charge in [-0.1, -0.05) is 47.1 Å². The average molecular weight is 429 g/mol. The standard InChI is InChI=1S/C23H23N7O2/c1-16-2-6-18(7-3-16)22-25-23(32-26-22)19-10-12-29(13-11-19)21(31)14-17-4-8-20(9-5-17)30-15-24-27-28-30/h2-9,15,19H,10-14H2,1H3. The highest BCUT2D eigenvalue weighted by atomic mass is 16.5. The number of hydrogen-bond acceptors (Lipinski definition) is 7. The number of benzene rings is 2. The van der Waals surface area contributed by atoms with Gasteiger partial charge in [0.2, 0.25) is 17.6 Å². The Morgan fingerprint density at radius 1 is 1.06 bits per heavy atom. The summed E-state index contributed by atoms with van der Waals surface area (Å²) in [6, 6.07) is 15.8. The Morgan fingerprint density at radius 3 is 2.50 bits per heavy atom. The third kappa shape index (κ3) is 4.27. The lowest BCUT2D eigenvalue weighted by molar-refractivity contribution is -0.131. The van der Waals surface area contributed by atoms with E-state index in [1.54, 1.807) is 4.68 Å². The van der Waals surface area contributed by atoms with E-state index in [0.717, 1.165) is 29.7 Å². The minimum atomic E-state index is 0.129. The summed E-state index contributed by atoms with van der Waals surface area (Å²) in [6.07, 6.45) is 3.55. The van der Waals surface area contributed by atoms with E-state index < -0.39 is 0 Å². The van der Waals surface area contributed by atoms with E-state index in [1.807, 2.05) is 60.4 Å². The van der Waals surface area contributed by atoms with Crippen LogP contribution in [0.3, 0.4) is 0 Å². The zero-order valence-electron chi connectivity index (χ0n) is 17.8. The largest absolute Gasteiger partial charge is 0.342 e. The van der Waals surface area contributed by atoms with Crippen LogP contribution in [0.1, 0.15) is 35.8 Å². The van der Waals surface area contributed by atoms with Gasteiger partial charge in [-0.3, -0.25) is 4.79 Å². The molecule has 4 aromatic rings. The maximum atomic E-state index is 12.8. The van der Waals surface area contributed by atoms with Crippen molar-refractivity contribution >= 4 is 5.91 Å². The molecule has 0 bridgehead atoms. The quantitative estimate of drug-likeness (QED) is 0.480. The molecule has 9 nitrogen and oxygen atoms in total. The molecule has 0 N–H and O–H groups in total. The smallest absolute Gasteiger partial charge is 0.230 e. The maximum Gasteiger partial charge on any atom is 0.230 e. The molecule has 1 saturated heterocycles. The minimum absolute atomic E-state index is 0.129. The van der Waals surface area contributed by atoms with Gasteiger partial charge in [0.1, 0.15) is 6.33 Å². The van der Waals surface area contributed by atoms with Gasteiger partial charge in [0.05, 0.1) is 12.1 Å². The van der Waals surface area contributed by atoms with Crippen molar-refractivity contribution in [1.82, 2.24) is 35.2 Å². The van der Waals surface area contributed by atoms with Crippen molar-refractivity contribution in [3.05, 3.63) is 71.9 Å². The summed E-state index contributed by atoms with van der Waals surface area (Å²) >= 11 is 0. The van der Waals surface area contributed by atoms with Gasteiger partial charge in [-0.15, -0.1) is 5.10 Å². The highest BCUT2D eigenvalue weighted by Crippen LogP contribution is 2.29. The zero-order valence-corrected chi connectivity index (χ0v) is 17.8. The van der Waals surface area contributed by atoms with E-state index in [9.17, 15) is 4.79 Å². The first kappa shape index (κ1) is 20.0. The maximum absolute atomic E-state index is 12.8. The Labute approximate surface area is 185 Å². The molecule has 5 rings (SSSR count). The minimum Gasteiger partial charge on any atom is -0.342 e. The van der Waals surface area contributed by atoms with Crippen LogP contribution in [0, 0.1) is 6.92 Å². The second-order valence-corrected chi connectivity index (χ2v) is 8.07. The summed E-state index contributed by atoms with van der Waals surface area (Å²) in [6.45, 7) is 3.43. The zero-order chi connectivity index (χ0) is 21.9. The number of rotatable bonds is 5. The molecule has 1 aliphatic heterocycles. The third-order valence-corrected chi connectivity index (χ3v) is 5.85. The number of aromatic nitrogens is 6. The number of tetrazole rings is 1.